The fraction of sp³-hybridized carbons (Fsp3) is 0.818. The number of carbonyl (C=O) groups excluding carboxylic acids is 2. The van der Waals surface area contributed by atoms with Crippen molar-refractivity contribution in [2.24, 2.45) is 5.73 Å². The second-order valence-corrected chi connectivity index (χ2v) is 6.67. The Kier molecular flexibility index (Phi) is 6.37. The molecule has 0 saturated carbocycles. The summed E-state index contributed by atoms with van der Waals surface area (Å²) in [6.07, 6.45) is 3.67. The molecule has 0 aromatic rings. The van der Waals surface area contributed by atoms with Gasteiger partial charge < -0.3 is 16.0 Å². The lowest BCUT2D eigenvalue weighted by Gasteiger charge is -2.35. The monoisotopic (exact) mass is 306 g/mol. The van der Waals surface area contributed by atoms with Crippen molar-refractivity contribution in [3.05, 3.63) is 0 Å². The van der Waals surface area contributed by atoms with Crippen molar-refractivity contribution in [3.8, 4) is 0 Å². The SMILES string of the molecule is CS(=O)(=O)NCC1CCCCN1C(=O)CNC(=O)CN. The smallest absolute Gasteiger partial charge is 0.242 e. The van der Waals surface area contributed by atoms with Crippen LogP contribution >= 0.6 is 0 Å². The Hall–Kier alpha value is -1.19. The first-order valence-corrected chi connectivity index (χ1v) is 8.43. The molecule has 0 spiro atoms. The van der Waals surface area contributed by atoms with Gasteiger partial charge in [-0.2, -0.15) is 0 Å². The average molecular weight is 306 g/mol. The third-order valence-corrected chi connectivity index (χ3v) is 3.84. The third kappa shape index (κ3) is 5.85. The molecule has 0 radical (unpaired) electrons. The molecule has 1 aliphatic rings. The van der Waals surface area contributed by atoms with Crippen molar-refractivity contribution < 1.29 is 18.0 Å². The van der Waals surface area contributed by atoms with Gasteiger partial charge in [-0.3, -0.25) is 9.59 Å². The first-order chi connectivity index (χ1) is 9.33. The van der Waals surface area contributed by atoms with Crippen LogP contribution in [0.25, 0.3) is 0 Å². The van der Waals surface area contributed by atoms with E-state index in [1.165, 1.54) is 0 Å². The molecular weight excluding hydrogens is 284 g/mol. The Morgan fingerprint density at radius 1 is 1.35 bits per heavy atom. The van der Waals surface area contributed by atoms with Gasteiger partial charge in [-0.05, 0) is 19.3 Å². The van der Waals surface area contributed by atoms with Gasteiger partial charge in [0.15, 0.2) is 0 Å². The van der Waals surface area contributed by atoms with Crippen molar-refractivity contribution in [2.75, 3.05) is 32.4 Å². The summed E-state index contributed by atoms with van der Waals surface area (Å²) in [5.74, 6) is -0.604. The Balaban J connectivity index is 2.54. The number of nitrogens with two attached hydrogens (primary N) is 1. The van der Waals surface area contributed by atoms with Crippen LogP contribution in [-0.4, -0.2) is 63.6 Å². The zero-order valence-corrected chi connectivity index (χ0v) is 12.4. The summed E-state index contributed by atoms with van der Waals surface area (Å²) in [4.78, 5) is 24.7. The molecular formula is C11H22N4O4S. The number of nitrogens with one attached hydrogen (secondary N) is 2. The fourth-order valence-corrected chi connectivity index (χ4v) is 2.63. The summed E-state index contributed by atoms with van der Waals surface area (Å²) < 4.78 is 24.7. The fourth-order valence-electron chi connectivity index (χ4n) is 2.14. The van der Waals surface area contributed by atoms with Crippen molar-refractivity contribution in [2.45, 2.75) is 25.3 Å². The summed E-state index contributed by atoms with van der Waals surface area (Å²) in [5.41, 5.74) is 5.15. The first kappa shape index (κ1) is 16.9. The molecule has 1 heterocycles. The maximum atomic E-state index is 12.0. The van der Waals surface area contributed by atoms with Crippen LogP contribution in [0.1, 0.15) is 19.3 Å². The molecule has 2 amide bonds. The molecule has 8 nitrogen and oxygen atoms in total. The Bertz CT molecular complexity index is 451. The summed E-state index contributed by atoms with van der Waals surface area (Å²) in [5, 5.41) is 2.43. The van der Waals surface area contributed by atoms with Crippen molar-refractivity contribution in [1.82, 2.24) is 14.9 Å². The molecule has 0 aromatic carbocycles. The van der Waals surface area contributed by atoms with E-state index in [-0.39, 0.29) is 37.5 Å². The lowest BCUT2D eigenvalue weighted by molar-refractivity contribution is -0.135. The molecule has 1 saturated heterocycles. The molecule has 0 aromatic heterocycles. The third-order valence-electron chi connectivity index (χ3n) is 3.15. The lowest BCUT2D eigenvalue weighted by atomic mass is 10.0. The van der Waals surface area contributed by atoms with Gasteiger partial charge in [-0.15, -0.1) is 0 Å². The summed E-state index contributed by atoms with van der Waals surface area (Å²) >= 11 is 0. The van der Waals surface area contributed by atoms with E-state index in [2.05, 4.69) is 10.0 Å². The number of piperidine rings is 1. The number of rotatable bonds is 6. The highest BCUT2D eigenvalue weighted by molar-refractivity contribution is 7.88. The van der Waals surface area contributed by atoms with E-state index in [0.29, 0.717) is 6.54 Å². The summed E-state index contributed by atoms with van der Waals surface area (Å²) in [6.45, 7) is 0.514. The molecule has 9 heteroatoms. The highest BCUT2D eigenvalue weighted by Crippen LogP contribution is 2.16. The minimum absolute atomic E-state index is 0.106. The molecule has 1 unspecified atom stereocenters. The van der Waals surface area contributed by atoms with E-state index in [1.54, 1.807) is 4.90 Å². The minimum atomic E-state index is -3.28. The molecule has 0 bridgehead atoms. The molecule has 1 atom stereocenters. The van der Waals surface area contributed by atoms with Crippen LogP contribution in [0.5, 0.6) is 0 Å². The number of sulfonamides is 1. The largest absolute Gasteiger partial charge is 0.346 e. The number of likely N-dealkylation sites (tertiary alicyclic amines) is 1. The molecule has 1 fully saturated rings. The predicted molar refractivity (Wildman–Crippen MR) is 74.3 cm³/mol. The van der Waals surface area contributed by atoms with Gasteiger partial charge >= 0.3 is 0 Å². The number of hydrogen-bond acceptors (Lipinski definition) is 5. The number of carbonyl (C=O) groups is 2. The van der Waals surface area contributed by atoms with E-state index in [9.17, 15) is 18.0 Å². The van der Waals surface area contributed by atoms with Crippen molar-refractivity contribution in [1.29, 1.82) is 0 Å². The number of amides is 2. The van der Waals surface area contributed by atoms with Crippen LogP contribution in [0.2, 0.25) is 0 Å². The average Bonchev–Trinajstić information content (AvgIpc) is 2.41. The van der Waals surface area contributed by atoms with Crippen LogP contribution in [0.15, 0.2) is 0 Å². The van der Waals surface area contributed by atoms with Gasteiger partial charge in [0.1, 0.15) is 0 Å². The maximum absolute atomic E-state index is 12.0. The zero-order chi connectivity index (χ0) is 15.2. The van der Waals surface area contributed by atoms with Gasteiger partial charge in [0.05, 0.1) is 19.3 Å². The van der Waals surface area contributed by atoms with Gasteiger partial charge in [0.25, 0.3) is 0 Å². The Morgan fingerprint density at radius 3 is 2.65 bits per heavy atom. The van der Waals surface area contributed by atoms with Gasteiger partial charge in [-0.25, -0.2) is 13.1 Å². The molecule has 20 heavy (non-hydrogen) atoms. The normalized spacial score (nSPS) is 19.7. The highest BCUT2D eigenvalue weighted by atomic mass is 32.2. The molecule has 0 aliphatic carbocycles. The van der Waals surface area contributed by atoms with Gasteiger partial charge in [-0.1, -0.05) is 0 Å². The Labute approximate surface area is 119 Å². The van der Waals surface area contributed by atoms with Crippen LogP contribution in [0, 0.1) is 0 Å². The van der Waals surface area contributed by atoms with Crippen molar-refractivity contribution in [3.63, 3.8) is 0 Å². The zero-order valence-electron chi connectivity index (χ0n) is 11.6. The topological polar surface area (TPSA) is 122 Å². The van der Waals surface area contributed by atoms with Crippen LogP contribution in [-0.2, 0) is 19.6 Å². The second kappa shape index (κ2) is 7.55. The predicted octanol–water partition coefficient (Wildman–Crippen LogP) is -2.01. The van der Waals surface area contributed by atoms with E-state index in [1.807, 2.05) is 0 Å². The molecule has 116 valence electrons. The molecule has 4 N–H and O–H groups in total. The van der Waals surface area contributed by atoms with E-state index in [4.69, 9.17) is 5.73 Å². The van der Waals surface area contributed by atoms with E-state index < -0.39 is 10.0 Å². The van der Waals surface area contributed by atoms with Crippen LogP contribution in [0.4, 0.5) is 0 Å². The lowest BCUT2D eigenvalue weighted by Crippen LogP contribution is -2.52. The molecule has 1 aliphatic heterocycles. The minimum Gasteiger partial charge on any atom is -0.346 e. The standard InChI is InChI=1S/C11H22N4O4S/c1-20(18,19)14-7-9-4-2-3-5-15(9)11(17)8-13-10(16)6-12/h9,14H,2-8,12H2,1H3,(H,13,16). The molecule has 1 rings (SSSR count). The van der Waals surface area contributed by atoms with E-state index in [0.717, 1.165) is 25.5 Å². The van der Waals surface area contributed by atoms with Crippen molar-refractivity contribution >= 4 is 21.8 Å². The van der Waals surface area contributed by atoms with Crippen LogP contribution < -0.4 is 15.8 Å². The summed E-state index contributed by atoms with van der Waals surface area (Å²) in [6, 6.07) is -0.166. The number of nitrogens with zero attached hydrogens (tertiary/aromatic N) is 1. The quantitative estimate of drug-likeness (QED) is 0.523. The summed E-state index contributed by atoms with van der Waals surface area (Å²) in [7, 11) is -3.28. The van der Waals surface area contributed by atoms with Crippen LogP contribution in [0.3, 0.4) is 0 Å². The highest BCUT2D eigenvalue weighted by Gasteiger charge is 2.27. The Morgan fingerprint density at radius 2 is 2.05 bits per heavy atom. The van der Waals surface area contributed by atoms with E-state index >= 15 is 0 Å². The van der Waals surface area contributed by atoms with Gasteiger partial charge in [0, 0.05) is 19.1 Å². The second-order valence-electron chi connectivity index (χ2n) is 4.84. The van der Waals surface area contributed by atoms with Gasteiger partial charge in [0.2, 0.25) is 21.8 Å². The first-order valence-electron chi connectivity index (χ1n) is 6.54. The maximum Gasteiger partial charge on any atom is 0.242 e. The number of hydrogen-bond donors (Lipinski definition) is 3.